The topological polar surface area (TPSA) is 74.4 Å². The highest BCUT2D eigenvalue weighted by atomic mass is 16.5. The molecule has 16 heavy (non-hydrogen) atoms. The fraction of sp³-hybridized carbons (Fsp3) is 0.455. The maximum Gasteiger partial charge on any atom is 0.340 e. The van der Waals surface area contributed by atoms with E-state index in [9.17, 15) is 4.79 Å². The van der Waals surface area contributed by atoms with E-state index in [1.54, 1.807) is 0 Å². The molecule has 1 aromatic heterocycles. The Labute approximate surface area is 94.6 Å². The van der Waals surface area contributed by atoms with Gasteiger partial charge in [0.05, 0.1) is 19.3 Å². The van der Waals surface area contributed by atoms with E-state index in [-0.39, 0.29) is 17.1 Å². The lowest BCUT2D eigenvalue weighted by atomic mass is 10.2. The zero-order chi connectivity index (χ0) is 12.1. The van der Waals surface area contributed by atoms with E-state index in [2.05, 4.69) is 9.72 Å². The molecule has 0 fully saturated rings. The van der Waals surface area contributed by atoms with Crippen molar-refractivity contribution in [2.24, 2.45) is 5.92 Å². The van der Waals surface area contributed by atoms with Crippen LogP contribution in [-0.2, 0) is 4.74 Å². The summed E-state index contributed by atoms with van der Waals surface area (Å²) in [4.78, 5) is 15.3. The maximum atomic E-state index is 11.3. The first kappa shape index (κ1) is 12.3. The van der Waals surface area contributed by atoms with Gasteiger partial charge >= 0.3 is 5.97 Å². The lowest BCUT2D eigenvalue weighted by molar-refractivity contribution is 0.0601. The Morgan fingerprint density at radius 1 is 1.56 bits per heavy atom. The quantitative estimate of drug-likeness (QED) is 0.784. The zero-order valence-electron chi connectivity index (χ0n) is 9.69. The van der Waals surface area contributed by atoms with Crippen molar-refractivity contribution < 1.29 is 14.3 Å². The number of ether oxygens (including phenoxy) is 2. The van der Waals surface area contributed by atoms with Crippen molar-refractivity contribution in [1.82, 2.24) is 4.98 Å². The minimum absolute atomic E-state index is 0.218. The molecule has 0 aromatic carbocycles. The second kappa shape index (κ2) is 5.34. The molecule has 0 radical (unpaired) electrons. The van der Waals surface area contributed by atoms with Gasteiger partial charge in [0.15, 0.2) is 0 Å². The monoisotopic (exact) mass is 224 g/mol. The summed E-state index contributed by atoms with van der Waals surface area (Å²) in [6, 6.07) is 1.50. The number of pyridine rings is 1. The van der Waals surface area contributed by atoms with Crippen LogP contribution in [0.3, 0.4) is 0 Å². The van der Waals surface area contributed by atoms with E-state index in [1.165, 1.54) is 19.4 Å². The van der Waals surface area contributed by atoms with Gasteiger partial charge in [-0.15, -0.1) is 0 Å². The molecule has 0 aliphatic rings. The Bertz CT molecular complexity index is 377. The fourth-order valence-corrected chi connectivity index (χ4v) is 1.10. The van der Waals surface area contributed by atoms with Gasteiger partial charge in [0.1, 0.15) is 5.69 Å². The molecule has 0 aliphatic heterocycles. The van der Waals surface area contributed by atoms with Crippen LogP contribution in [0.4, 0.5) is 5.69 Å². The second-order valence-electron chi connectivity index (χ2n) is 3.77. The number of hydrogen-bond donors (Lipinski definition) is 1. The van der Waals surface area contributed by atoms with Crippen LogP contribution in [-0.4, -0.2) is 24.7 Å². The van der Waals surface area contributed by atoms with Crippen LogP contribution in [0.2, 0.25) is 0 Å². The molecule has 0 saturated heterocycles. The Morgan fingerprint density at radius 3 is 2.81 bits per heavy atom. The number of aromatic nitrogens is 1. The van der Waals surface area contributed by atoms with Crippen LogP contribution >= 0.6 is 0 Å². The largest absolute Gasteiger partial charge is 0.476 e. The highest BCUT2D eigenvalue weighted by molar-refractivity contribution is 5.95. The third-order valence-corrected chi connectivity index (χ3v) is 1.91. The van der Waals surface area contributed by atoms with Gasteiger partial charge in [-0.1, -0.05) is 13.8 Å². The molecule has 1 aromatic rings. The molecular formula is C11H16N2O3. The summed E-state index contributed by atoms with van der Waals surface area (Å²) >= 11 is 0. The molecule has 0 aliphatic carbocycles. The van der Waals surface area contributed by atoms with E-state index in [0.29, 0.717) is 12.5 Å². The first-order valence-corrected chi connectivity index (χ1v) is 5.01. The van der Waals surface area contributed by atoms with Crippen molar-refractivity contribution in [2.45, 2.75) is 13.8 Å². The predicted octanol–water partition coefficient (Wildman–Crippen LogP) is 1.49. The van der Waals surface area contributed by atoms with Crippen LogP contribution in [0.25, 0.3) is 0 Å². The highest BCUT2D eigenvalue weighted by Crippen LogP contribution is 2.23. The maximum absolute atomic E-state index is 11.3. The summed E-state index contributed by atoms with van der Waals surface area (Å²) in [5.74, 6) is 0.147. The van der Waals surface area contributed by atoms with Crippen molar-refractivity contribution in [3.05, 3.63) is 17.8 Å². The van der Waals surface area contributed by atoms with Gasteiger partial charge in [0.2, 0.25) is 5.88 Å². The third-order valence-electron chi connectivity index (χ3n) is 1.91. The molecule has 5 nitrogen and oxygen atoms in total. The SMILES string of the molecule is COC(=O)c1ccnc(OCC(C)C)c1N. The van der Waals surface area contributed by atoms with Crippen LogP contribution < -0.4 is 10.5 Å². The summed E-state index contributed by atoms with van der Waals surface area (Å²) < 4.78 is 9.99. The van der Waals surface area contributed by atoms with E-state index in [4.69, 9.17) is 10.5 Å². The number of rotatable bonds is 4. The van der Waals surface area contributed by atoms with Gasteiger partial charge in [-0.3, -0.25) is 0 Å². The number of nitrogens with two attached hydrogens (primary N) is 1. The molecule has 2 N–H and O–H groups in total. The van der Waals surface area contributed by atoms with Gasteiger partial charge < -0.3 is 15.2 Å². The highest BCUT2D eigenvalue weighted by Gasteiger charge is 2.14. The number of nitrogen functional groups attached to an aromatic ring is 1. The van der Waals surface area contributed by atoms with Crippen molar-refractivity contribution in [1.29, 1.82) is 0 Å². The summed E-state index contributed by atoms with van der Waals surface area (Å²) in [7, 11) is 1.30. The number of nitrogens with zero attached hydrogens (tertiary/aromatic N) is 1. The minimum Gasteiger partial charge on any atom is -0.476 e. The molecule has 0 bridgehead atoms. The fourth-order valence-electron chi connectivity index (χ4n) is 1.10. The molecule has 88 valence electrons. The first-order valence-electron chi connectivity index (χ1n) is 5.01. The van der Waals surface area contributed by atoms with E-state index < -0.39 is 5.97 Å². The smallest absolute Gasteiger partial charge is 0.340 e. The summed E-state index contributed by atoms with van der Waals surface area (Å²) in [5, 5.41) is 0. The Balaban J connectivity index is 2.90. The summed E-state index contributed by atoms with van der Waals surface area (Å²) in [5.41, 5.74) is 6.25. The molecule has 0 amide bonds. The average Bonchev–Trinajstić information content (AvgIpc) is 2.26. The van der Waals surface area contributed by atoms with Gasteiger partial charge in [-0.05, 0) is 12.0 Å². The molecule has 1 heterocycles. The summed E-state index contributed by atoms with van der Waals surface area (Å²) in [6.07, 6.45) is 1.47. The Hall–Kier alpha value is -1.78. The molecule has 0 spiro atoms. The van der Waals surface area contributed by atoms with E-state index in [1.807, 2.05) is 13.8 Å². The van der Waals surface area contributed by atoms with Crippen molar-refractivity contribution in [3.63, 3.8) is 0 Å². The lowest BCUT2D eigenvalue weighted by Gasteiger charge is -2.11. The molecular weight excluding hydrogens is 208 g/mol. The predicted molar refractivity (Wildman–Crippen MR) is 60.3 cm³/mol. The minimum atomic E-state index is -0.491. The van der Waals surface area contributed by atoms with Crippen LogP contribution in [0, 0.1) is 5.92 Å². The number of carbonyl (C=O) groups excluding carboxylic acids is 1. The Kier molecular flexibility index (Phi) is 4.10. The van der Waals surface area contributed by atoms with Crippen molar-refractivity contribution >= 4 is 11.7 Å². The number of carbonyl (C=O) groups is 1. The third kappa shape index (κ3) is 2.85. The number of anilines is 1. The lowest BCUT2D eigenvalue weighted by Crippen LogP contribution is -2.11. The zero-order valence-corrected chi connectivity index (χ0v) is 9.69. The number of methoxy groups -OCH3 is 1. The molecule has 0 atom stereocenters. The van der Waals surface area contributed by atoms with Crippen LogP contribution in [0.5, 0.6) is 5.88 Å². The average molecular weight is 224 g/mol. The van der Waals surface area contributed by atoms with Gasteiger partial charge in [-0.2, -0.15) is 0 Å². The first-order chi connectivity index (χ1) is 7.56. The van der Waals surface area contributed by atoms with Crippen LogP contribution in [0.15, 0.2) is 12.3 Å². The standard InChI is InChI=1S/C11H16N2O3/c1-7(2)6-16-10-9(12)8(4-5-13-10)11(14)15-3/h4-5,7H,6,12H2,1-3H3. The Morgan fingerprint density at radius 2 is 2.25 bits per heavy atom. The van der Waals surface area contributed by atoms with Gasteiger partial charge in [-0.25, -0.2) is 9.78 Å². The second-order valence-corrected chi connectivity index (χ2v) is 3.77. The molecule has 0 unspecified atom stereocenters. The number of hydrogen-bond acceptors (Lipinski definition) is 5. The van der Waals surface area contributed by atoms with Gasteiger partial charge in [0.25, 0.3) is 0 Å². The number of esters is 1. The van der Waals surface area contributed by atoms with Gasteiger partial charge in [0, 0.05) is 6.20 Å². The summed E-state index contributed by atoms with van der Waals surface area (Å²) in [6.45, 7) is 4.53. The molecule has 5 heteroatoms. The van der Waals surface area contributed by atoms with Crippen molar-refractivity contribution in [3.8, 4) is 5.88 Å². The molecule has 0 saturated carbocycles. The van der Waals surface area contributed by atoms with E-state index in [0.717, 1.165) is 0 Å². The molecule has 1 rings (SSSR count). The van der Waals surface area contributed by atoms with Crippen LogP contribution in [0.1, 0.15) is 24.2 Å². The normalized spacial score (nSPS) is 10.2. The van der Waals surface area contributed by atoms with E-state index >= 15 is 0 Å². The van der Waals surface area contributed by atoms with Crippen molar-refractivity contribution in [2.75, 3.05) is 19.5 Å².